The van der Waals surface area contributed by atoms with E-state index >= 15 is 0 Å². The molecule has 66 valence electrons. The number of hydrogen-bond acceptors (Lipinski definition) is 2. The second kappa shape index (κ2) is 2.69. The summed E-state index contributed by atoms with van der Waals surface area (Å²) in [5.41, 5.74) is 6.95. The topological polar surface area (TPSA) is 38.9 Å². The van der Waals surface area contributed by atoms with Gasteiger partial charge in [-0.05, 0) is 36.8 Å². The van der Waals surface area contributed by atoms with Gasteiger partial charge in [0, 0.05) is 5.39 Å². The van der Waals surface area contributed by atoms with Crippen LogP contribution in [0.25, 0.3) is 10.9 Å². The summed E-state index contributed by atoms with van der Waals surface area (Å²) in [6.45, 7) is 1.83. The number of aryl methyl sites for hydroxylation is 1. The first kappa shape index (κ1) is 7.98. The highest BCUT2D eigenvalue weighted by molar-refractivity contribution is 5.81. The molecule has 0 amide bonds. The van der Waals surface area contributed by atoms with Crippen LogP contribution in [0.2, 0.25) is 0 Å². The first-order valence-electron chi connectivity index (χ1n) is 3.99. The van der Waals surface area contributed by atoms with Crippen LogP contribution in [0.15, 0.2) is 24.3 Å². The molecule has 0 bridgehead atoms. The SMILES string of the molecule is Cc1cc(F)c2ccc(N)nc2c1. The first-order chi connectivity index (χ1) is 6.16. The number of halogens is 1. The quantitative estimate of drug-likeness (QED) is 0.668. The average molecular weight is 176 g/mol. The molecule has 1 heterocycles. The summed E-state index contributed by atoms with van der Waals surface area (Å²) in [6, 6.07) is 6.54. The van der Waals surface area contributed by atoms with E-state index in [9.17, 15) is 4.39 Å². The van der Waals surface area contributed by atoms with Crippen LogP contribution in [0.5, 0.6) is 0 Å². The highest BCUT2D eigenvalue weighted by Gasteiger charge is 2.02. The van der Waals surface area contributed by atoms with E-state index in [1.807, 2.05) is 13.0 Å². The lowest BCUT2D eigenvalue weighted by Gasteiger charge is -2.01. The van der Waals surface area contributed by atoms with Gasteiger partial charge in [-0.3, -0.25) is 0 Å². The number of nitrogens with two attached hydrogens (primary N) is 1. The van der Waals surface area contributed by atoms with Gasteiger partial charge in [-0.15, -0.1) is 0 Å². The van der Waals surface area contributed by atoms with Crippen LogP contribution in [0.1, 0.15) is 5.56 Å². The summed E-state index contributed by atoms with van der Waals surface area (Å²) < 4.78 is 13.3. The molecule has 2 N–H and O–H groups in total. The van der Waals surface area contributed by atoms with Crippen LogP contribution >= 0.6 is 0 Å². The molecule has 0 aliphatic heterocycles. The zero-order valence-corrected chi connectivity index (χ0v) is 7.21. The van der Waals surface area contributed by atoms with E-state index in [0.717, 1.165) is 5.56 Å². The number of rotatable bonds is 0. The predicted octanol–water partition coefficient (Wildman–Crippen LogP) is 2.26. The van der Waals surface area contributed by atoms with Crippen LogP contribution in [0, 0.1) is 12.7 Å². The van der Waals surface area contributed by atoms with E-state index in [4.69, 9.17) is 5.73 Å². The van der Waals surface area contributed by atoms with Crippen molar-refractivity contribution in [3.8, 4) is 0 Å². The van der Waals surface area contributed by atoms with Gasteiger partial charge in [0.1, 0.15) is 11.6 Å². The van der Waals surface area contributed by atoms with E-state index < -0.39 is 0 Å². The molecule has 0 unspecified atom stereocenters. The molecule has 0 aliphatic carbocycles. The predicted molar refractivity (Wildman–Crippen MR) is 50.9 cm³/mol. The minimum atomic E-state index is -0.248. The number of nitrogens with zero attached hydrogens (tertiary/aromatic N) is 1. The van der Waals surface area contributed by atoms with Crippen LogP contribution in [0.4, 0.5) is 10.2 Å². The number of pyridine rings is 1. The van der Waals surface area contributed by atoms with E-state index in [2.05, 4.69) is 4.98 Å². The maximum Gasteiger partial charge on any atom is 0.132 e. The van der Waals surface area contributed by atoms with Crippen LogP contribution in [0.3, 0.4) is 0 Å². The molecule has 1 aromatic carbocycles. The largest absolute Gasteiger partial charge is 0.384 e. The van der Waals surface area contributed by atoms with Crippen LogP contribution in [-0.2, 0) is 0 Å². The average Bonchev–Trinajstić information content (AvgIpc) is 2.02. The van der Waals surface area contributed by atoms with E-state index in [1.165, 1.54) is 6.07 Å². The molecule has 0 fully saturated rings. The molecule has 13 heavy (non-hydrogen) atoms. The van der Waals surface area contributed by atoms with Gasteiger partial charge in [-0.2, -0.15) is 0 Å². The summed E-state index contributed by atoms with van der Waals surface area (Å²) in [4.78, 5) is 4.04. The van der Waals surface area contributed by atoms with Crippen molar-refractivity contribution in [2.45, 2.75) is 6.92 Å². The van der Waals surface area contributed by atoms with E-state index in [1.54, 1.807) is 12.1 Å². The van der Waals surface area contributed by atoms with E-state index in [-0.39, 0.29) is 5.82 Å². The highest BCUT2D eigenvalue weighted by Crippen LogP contribution is 2.18. The zero-order valence-electron chi connectivity index (χ0n) is 7.21. The maximum atomic E-state index is 13.3. The summed E-state index contributed by atoms with van der Waals surface area (Å²) >= 11 is 0. The first-order valence-corrected chi connectivity index (χ1v) is 3.99. The number of benzene rings is 1. The van der Waals surface area contributed by atoms with Gasteiger partial charge in [-0.1, -0.05) is 0 Å². The molecule has 0 saturated carbocycles. The Morgan fingerprint density at radius 3 is 2.85 bits per heavy atom. The number of nitrogen functional groups attached to an aromatic ring is 1. The van der Waals surface area contributed by atoms with Gasteiger partial charge >= 0.3 is 0 Å². The zero-order chi connectivity index (χ0) is 9.42. The Kier molecular flexibility index (Phi) is 1.65. The molecule has 1 aromatic heterocycles. The molecule has 2 nitrogen and oxygen atoms in total. The second-order valence-corrected chi connectivity index (χ2v) is 3.05. The Balaban J connectivity index is 2.86. The Labute approximate surface area is 75.2 Å². The van der Waals surface area contributed by atoms with Crippen LogP contribution < -0.4 is 5.73 Å². The molecule has 0 atom stereocenters. The van der Waals surface area contributed by atoms with Gasteiger partial charge < -0.3 is 5.73 Å². The standard InChI is InChI=1S/C10H9FN2/c1-6-4-8(11)7-2-3-10(12)13-9(7)5-6/h2-5H,1H3,(H2,12,13). The molecule has 2 aromatic rings. The van der Waals surface area contributed by atoms with Crippen molar-refractivity contribution >= 4 is 16.7 Å². The van der Waals surface area contributed by atoms with Crippen molar-refractivity contribution in [1.82, 2.24) is 4.98 Å². The number of anilines is 1. The van der Waals surface area contributed by atoms with Crippen molar-refractivity contribution in [3.05, 3.63) is 35.6 Å². The fourth-order valence-electron chi connectivity index (χ4n) is 1.34. The van der Waals surface area contributed by atoms with Crippen molar-refractivity contribution in [2.24, 2.45) is 0 Å². The maximum absolute atomic E-state index is 13.3. The van der Waals surface area contributed by atoms with Crippen molar-refractivity contribution < 1.29 is 4.39 Å². The van der Waals surface area contributed by atoms with Gasteiger partial charge in [0.2, 0.25) is 0 Å². The fourth-order valence-corrected chi connectivity index (χ4v) is 1.34. The van der Waals surface area contributed by atoms with E-state index in [0.29, 0.717) is 16.7 Å². The van der Waals surface area contributed by atoms with Crippen molar-refractivity contribution in [1.29, 1.82) is 0 Å². The summed E-state index contributed by atoms with van der Waals surface area (Å²) in [7, 11) is 0. The van der Waals surface area contributed by atoms with Crippen molar-refractivity contribution in [2.75, 3.05) is 5.73 Å². The Bertz CT molecular complexity index is 460. The molecular formula is C10H9FN2. The summed E-state index contributed by atoms with van der Waals surface area (Å²) in [6.07, 6.45) is 0. The minimum absolute atomic E-state index is 0.248. The summed E-state index contributed by atoms with van der Waals surface area (Å²) in [5, 5.41) is 0.514. The third-order valence-electron chi connectivity index (χ3n) is 1.92. The number of aromatic nitrogens is 1. The molecule has 0 spiro atoms. The minimum Gasteiger partial charge on any atom is -0.384 e. The smallest absolute Gasteiger partial charge is 0.132 e. The molecule has 3 heteroatoms. The number of hydrogen-bond donors (Lipinski definition) is 1. The van der Waals surface area contributed by atoms with Gasteiger partial charge in [-0.25, -0.2) is 9.37 Å². The normalized spacial score (nSPS) is 10.6. The lowest BCUT2D eigenvalue weighted by atomic mass is 10.1. The van der Waals surface area contributed by atoms with Crippen LogP contribution in [-0.4, -0.2) is 4.98 Å². The summed E-state index contributed by atoms with van der Waals surface area (Å²) in [5.74, 6) is 0.167. The monoisotopic (exact) mass is 176 g/mol. The Morgan fingerprint density at radius 1 is 1.31 bits per heavy atom. The number of fused-ring (bicyclic) bond motifs is 1. The third-order valence-corrected chi connectivity index (χ3v) is 1.92. The Morgan fingerprint density at radius 2 is 2.08 bits per heavy atom. The Hall–Kier alpha value is -1.64. The molecule has 0 saturated heterocycles. The third kappa shape index (κ3) is 1.33. The molecular weight excluding hydrogens is 167 g/mol. The van der Waals surface area contributed by atoms with Gasteiger partial charge in [0.15, 0.2) is 0 Å². The highest BCUT2D eigenvalue weighted by atomic mass is 19.1. The van der Waals surface area contributed by atoms with Crippen molar-refractivity contribution in [3.63, 3.8) is 0 Å². The lowest BCUT2D eigenvalue weighted by molar-refractivity contribution is 0.638. The molecule has 2 rings (SSSR count). The molecule has 0 radical (unpaired) electrons. The van der Waals surface area contributed by atoms with Gasteiger partial charge in [0.25, 0.3) is 0 Å². The fraction of sp³-hybridized carbons (Fsp3) is 0.100. The lowest BCUT2D eigenvalue weighted by Crippen LogP contribution is -1.91. The molecule has 0 aliphatic rings. The van der Waals surface area contributed by atoms with Gasteiger partial charge in [0.05, 0.1) is 5.52 Å². The second-order valence-electron chi connectivity index (χ2n) is 3.05.